The average molecular weight is 229 g/mol. The van der Waals surface area contributed by atoms with E-state index in [0.717, 1.165) is 10.9 Å². The van der Waals surface area contributed by atoms with E-state index in [4.69, 9.17) is 0 Å². The SMILES string of the molecule is O=c1[nH]nc(-n2ccc3ccncc32)c(=O)[nH]1. The molecule has 84 valence electrons. The van der Waals surface area contributed by atoms with E-state index in [1.165, 1.54) is 0 Å². The van der Waals surface area contributed by atoms with Crippen LogP contribution >= 0.6 is 0 Å². The Bertz CT molecular complexity index is 798. The first-order valence-corrected chi connectivity index (χ1v) is 4.86. The zero-order valence-electron chi connectivity index (χ0n) is 8.54. The molecule has 3 aromatic heterocycles. The molecule has 0 aliphatic heterocycles. The molecule has 0 saturated carbocycles. The third kappa shape index (κ3) is 1.44. The number of hydrogen-bond donors (Lipinski definition) is 2. The smallest absolute Gasteiger partial charge is 0.294 e. The second-order valence-corrected chi connectivity index (χ2v) is 3.45. The van der Waals surface area contributed by atoms with Crippen LogP contribution in [0.1, 0.15) is 0 Å². The Morgan fingerprint density at radius 1 is 1.24 bits per heavy atom. The van der Waals surface area contributed by atoms with Crippen molar-refractivity contribution in [3.8, 4) is 5.82 Å². The fourth-order valence-electron chi connectivity index (χ4n) is 1.66. The summed E-state index contributed by atoms with van der Waals surface area (Å²) in [6.45, 7) is 0. The van der Waals surface area contributed by atoms with Gasteiger partial charge < -0.3 is 0 Å². The lowest BCUT2D eigenvalue weighted by Gasteiger charge is -2.00. The number of nitrogens with zero attached hydrogens (tertiary/aromatic N) is 3. The summed E-state index contributed by atoms with van der Waals surface area (Å²) < 4.78 is 1.57. The molecule has 0 aliphatic rings. The van der Waals surface area contributed by atoms with Crippen molar-refractivity contribution in [3.63, 3.8) is 0 Å². The highest BCUT2D eigenvalue weighted by Gasteiger charge is 2.08. The number of nitrogens with one attached hydrogen (secondary N) is 2. The van der Waals surface area contributed by atoms with Crippen LogP contribution in [0.3, 0.4) is 0 Å². The van der Waals surface area contributed by atoms with E-state index >= 15 is 0 Å². The summed E-state index contributed by atoms with van der Waals surface area (Å²) >= 11 is 0. The fourth-order valence-corrected chi connectivity index (χ4v) is 1.66. The van der Waals surface area contributed by atoms with Gasteiger partial charge in [0.15, 0.2) is 0 Å². The largest absolute Gasteiger partial charge is 0.342 e. The Morgan fingerprint density at radius 2 is 2.12 bits per heavy atom. The van der Waals surface area contributed by atoms with Gasteiger partial charge in [0.25, 0.3) is 5.56 Å². The molecular weight excluding hydrogens is 222 g/mol. The Kier molecular flexibility index (Phi) is 1.91. The molecule has 3 aromatic rings. The molecule has 0 saturated heterocycles. The van der Waals surface area contributed by atoms with E-state index in [2.05, 4.69) is 20.2 Å². The summed E-state index contributed by atoms with van der Waals surface area (Å²) in [7, 11) is 0. The van der Waals surface area contributed by atoms with E-state index < -0.39 is 11.2 Å². The van der Waals surface area contributed by atoms with Gasteiger partial charge in [-0.25, -0.2) is 9.89 Å². The first-order valence-electron chi connectivity index (χ1n) is 4.86. The first-order chi connectivity index (χ1) is 8.25. The van der Waals surface area contributed by atoms with E-state index in [-0.39, 0.29) is 5.82 Å². The minimum absolute atomic E-state index is 0.104. The second-order valence-electron chi connectivity index (χ2n) is 3.45. The molecule has 17 heavy (non-hydrogen) atoms. The molecule has 0 radical (unpaired) electrons. The van der Waals surface area contributed by atoms with Gasteiger partial charge in [-0.05, 0) is 12.1 Å². The molecule has 0 bridgehead atoms. The maximum absolute atomic E-state index is 11.6. The summed E-state index contributed by atoms with van der Waals surface area (Å²) in [6.07, 6.45) is 4.99. The van der Waals surface area contributed by atoms with Gasteiger partial charge in [-0.1, -0.05) is 0 Å². The molecule has 0 amide bonds. The van der Waals surface area contributed by atoms with Gasteiger partial charge in [0, 0.05) is 17.8 Å². The quantitative estimate of drug-likeness (QED) is 0.603. The minimum Gasteiger partial charge on any atom is -0.294 e. The minimum atomic E-state index is -0.631. The van der Waals surface area contributed by atoms with Crippen LogP contribution in [0.2, 0.25) is 0 Å². The summed E-state index contributed by atoms with van der Waals surface area (Å²) in [5.74, 6) is 0.104. The predicted octanol–water partition coefficient (Wildman–Crippen LogP) is -0.203. The van der Waals surface area contributed by atoms with Gasteiger partial charge in [-0.3, -0.25) is 19.3 Å². The lowest BCUT2D eigenvalue weighted by molar-refractivity contribution is 0.837. The molecule has 0 unspecified atom stereocenters. The Labute approximate surface area is 93.8 Å². The van der Waals surface area contributed by atoms with Crippen LogP contribution in [-0.2, 0) is 0 Å². The number of rotatable bonds is 1. The van der Waals surface area contributed by atoms with Gasteiger partial charge in [0.1, 0.15) is 0 Å². The summed E-state index contributed by atoms with van der Waals surface area (Å²) in [5.41, 5.74) is -0.430. The van der Waals surface area contributed by atoms with E-state index in [0.29, 0.717) is 0 Å². The summed E-state index contributed by atoms with van der Waals surface area (Å²) in [4.78, 5) is 28.6. The molecule has 3 rings (SSSR count). The predicted molar refractivity (Wildman–Crippen MR) is 60.1 cm³/mol. The van der Waals surface area contributed by atoms with Crippen LogP contribution in [0.15, 0.2) is 40.3 Å². The number of aromatic nitrogens is 5. The van der Waals surface area contributed by atoms with E-state index in [9.17, 15) is 9.59 Å². The highest BCUT2D eigenvalue weighted by Crippen LogP contribution is 2.15. The number of aromatic amines is 2. The molecule has 0 fully saturated rings. The van der Waals surface area contributed by atoms with Crippen molar-refractivity contribution >= 4 is 10.9 Å². The molecule has 7 nitrogen and oxygen atoms in total. The van der Waals surface area contributed by atoms with E-state index in [1.807, 2.05) is 12.1 Å². The van der Waals surface area contributed by atoms with Crippen molar-refractivity contribution in [2.24, 2.45) is 0 Å². The maximum atomic E-state index is 11.6. The number of pyridine rings is 1. The topological polar surface area (TPSA) is 96.4 Å². The molecule has 0 atom stereocenters. The lowest BCUT2D eigenvalue weighted by atomic mass is 10.3. The average Bonchev–Trinajstić information content (AvgIpc) is 2.73. The van der Waals surface area contributed by atoms with Crippen LogP contribution in [0.5, 0.6) is 0 Å². The van der Waals surface area contributed by atoms with Crippen LogP contribution in [0, 0.1) is 0 Å². The molecule has 7 heteroatoms. The molecule has 0 aromatic carbocycles. The number of fused-ring (bicyclic) bond motifs is 1. The van der Waals surface area contributed by atoms with Crippen molar-refractivity contribution < 1.29 is 0 Å². The van der Waals surface area contributed by atoms with Crippen molar-refractivity contribution in [2.75, 3.05) is 0 Å². The van der Waals surface area contributed by atoms with Crippen LogP contribution in [0.4, 0.5) is 0 Å². The van der Waals surface area contributed by atoms with Gasteiger partial charge in [-0.2, -0.15) is 0 Å². The molecular formula is C10H7N5O2. The third-order valence-corrected chi connectivity index (χ3v) is 2.42. The zero-order valence-corrected chi connectivity index (χ0v) is 8.54. The fraction of sp³-hybridized carbons (Fsp3) is 0. The normalized spacial score (nSPS) is 10.8. The molecule has 3 heterocycles. The Balaban J connectivity index is 2.35. The highest BCUT2D eigenvalue weighted by atomic mass is 16.2. The number of hydrogen-bond acceptors (Lipinski definition) is 4. The highest BCUT2D eigenvalue weighted by molar-refractivity contribution is 5.80. The summed E-state index contributed by atoms with van der Waals surface area (Å²) in [6, 6.07) is 3.66. The monoisotopic (exact) mass is 229 g/mol. The van der Waals surface area contributed by atoms with Crippen molar-refractivity contribution in [1.82, 2.24) is 24.7 Å². The number of H-pyrrole nitrogens is 2. The van der Waals surface area contributed by atoms with Gasteiger partial charge >= 0.3 is 5.69 Å². The van der Waals surface area contributed by atoms with E-state index in [1.54, 1.807) is 23.2 Å². The van der Waals surface area contributed by atoms with Crippen molar-refractivity contribution in [1.29, 1.82) is 0 Å². The Morgan fingerprint density at radius 3 is 2.94 bits per heavy atom. The van der Waals surface area contributed by atoms with Gasteiger partial charge in [0.05, 0.1) is 11.7 Å². The van der Waals surface area contributed by atoms with Gasteiger partial charge in [-0.15, -0.1) is 5.10 Å². The van der Waals surface area contributed by atoms with Crippen LogP contribution < -0.4 is 11.2 Å². The second kappa shape index (κ2) is 3.41. The van der Waals surface area contributed by atoms with Gasteiger partial charge in [0.2, 0.25) is 5.82 Å². The standard InChI is InChI=1S/C10H7N5O2/c16-9-8(13-14-10(17)12-9)15-4-2-6-1-3-11-5-7(6)15/h1-5H,(H2,12,14,16,17). The lowest BCUT2D eigenvalue weighted by Crippen LogP contribution is -2.27. The van der Waals surface area contributed by atoms with Crippen LogP contribution in [-0.4, -0.2) is 24.7 Å². The molecule has 2 N–H and O–H groups in total. The van der Waals surface area contributed by atoms with Crippen molar-refractivity contribution in [2.45, 2.75) is 0 Å². The molecule has 0 spiro atoms. The first kappa shape index (κ1) is 9.52. The maximum Gasteiger partial charge on any atom is 0.342 e. The zero-order chi connectivity index (χ0) is 11.8. The van der Waals surface area contributed by atoms with Crippen molar-refractivity contribution in [3.05, 3.63) is 51.6 Å². The van der Waals surface area contributed by atoms with Crippen LogP contribution in [0.25, 0.3) is 16.7 Å². The third-order valence-electron chi connectivity index (χ3n) is 2.42. The Hall–Kier alpha value is -2.70. The molecule has 0 aliphatic carbocycles. The summed E-state index contributed by atoms with van der Waals surface area (Å²) in [5, 5.41) is 6.85.